The predicted molar refractivity (Wildman–Crippen MR) is 182 cm³/mol. The third kappa shape index (κ3) is 7.41. The van der Waals surface area contributed by atoms with Crippen LogP contribution < -0.4 is 28.4 Å². The second-order valence-corrected chi connectivity index (χ2v) is 13.5. The highest BCUT2D eigenvalue weighted by Crippen LogP contribution is 2.58. The zero-order valence-corrected chi connectivity index (χ0v) is 28.6. The Kier molecular flexibility index (Phi) is 10.9. The zero-order chi connectivity index (χ0) is 31.9. The summed E-state index contributed by atoms with van der Waals surface area (Å²) in [6.45, 7) is 13.9. The highest BCUT2D eigenvalue weighted by Gasteiger charge is 2.30. The van der Waals surface area contributed by atoms with E-state index in [-0.39, 0.29) is 0 Å². The largest absolute Gasteiger partial charge is 0.491 e. The van der Waals surface area contributed by atoms with E-state index in [0.717, 1.165) is 54.7 Å². The number of ether oxygens (including phenoxy) is 8. The fourth-order valence-electron chi connectivity index (χ4n) is 5.40. The van der Waals surface area contributed by atoms with Crippen LogP contribution in [0.15, 0.2) is 47.8 Å². The van der Waals surface area contributed by atoms with E-state index < -0.39 is 0 Å². The lowest BCUT2D eigenvalue weighted by atomic mass is 9.94. The molecule has 0 bridgehead atoms. The Bertz CT molecular complexity index is 1550. The van der Waals surface area contributed by atoms with E-state index in [1.807, 2.05) is 29.6 Å². The molecule has 0 saturated carbocycles. The first-order valence-electron chi connectivity index (χ1n) is 16.0. The average molecular weight is 667 g/mol. The lowest BCUT2D eigenvalue weighted by Gasteiger charge is -2.20. The first kappa shape index (κ1) is 32.5. The quantitative estimate of drug-likeness (QED) is 0.117. The molecule has 246 valence electrons. The lowest BCUT2D eigenvalue weighted by Crippen LogP contribution is -2.15. The van der Waals surface area contributed by atoms with Crippen LogP contribution in [0.3, 0.4) is 0 Å². The van der Waals surface area contributed by atoms with E-state index in [1.165, 1.54) is 11.1 Å². The molecule has 4 heterocycles. The van der Waals surface area contributed by atoms with Gasteiger partial charge in [0.2, 0.25) is 0 Å². The Morgan fingerprint density at radius 2 is 1.17 bits per heavy atom. The second kappa shape index (κ2) is 15.4. The summed E-state index contributed by atoms with van der Waals surface area (Å²) in [5, 5.41) is 1.99. The maximum Gasteiger partial charge on any atom is 0.181 e. The molecule has 4 aromatic rings. The SMILES string of the molecule is CC(C)c1cccc(C(C)C)c1OCCOCCOCCOc1ccc(-c2sc(-c3scc4c3OCCO4)c3c2OCCO3)cc1. The molecule has 46 heavy (non-hydrogen) atoms. The predicted octanol–water partition coefficient (Wildman–Crippen LogP) is 8.42. The van der Waals surface area contributed by atoms with Crippen LogP contribution in [0.4, 0.5) is 0 Å². The van der Waals surface area contributed by atoms with Crippen LogP contribution >= 0.6 is 22.7 Å². The van der Waals surface area contributed by atoms with Gasteiger partial charge >= 0.3 is 0 Å². The number of benzene rings is 2. The summed E-state index contributed by atoms with van der Waals surface area (Å²) in [7, 11) is 0. The highest BCUT2D eigenvalue weighted by atomic mass is 32.1. The molecule has 0 radical (unpaired) electrons. The minimum atomic E-state index is 0.404. The van der Waals surface area contributed by atoms with Crippen molar-refractivity contribution in [3.05, 3.63) is 59.0 Å². The Hall–Kier alpha value is -3.44. The third-order valence-corrected chi connectivity index (χ3v) is 9.99. The molecule has 2 aromatic carbocycles. The number of rotatable bonds is 15. The van der Waals surface area contributed by atoms with E-state index >= 15 is 0 Å². The molecule has 10 heteroatoms. The molecule has 0 fully saturated rings. The number of para-hydroxylation sites is 1. The van der Waals surface area contributed by atoms with Gasteiger partial charge in [0.15, 0.2) is 23.0 Å². The van der Waals surface area contributed by atoms with Gasteiger partial charge in [0.05, 0.1) is 41.1 Å². The second-order valence-electron chi connectivity index (χ2n) is 11.6. The number of thiophene rings is 2. The topological polar surface area (TPSA) is 73.8 Å². The van der Waals surface area contributed by atoms with Gasteiger partial charge in [0.25, 0.3) is 0 Å². The van der Waals surface area contributed by atoms with Crippen LogP contribution in [0.25, 0.3) is 20.2 Å². The fourth-order valence-corrected chi connectivity index (χ4v) is 7.67. The van der Waals surface area contributed by atoms with Crippen LogP contribution in [-0.4, -0.2) is 66.1 Å². The molecule has 0 saturated heterocycles. The molecular formula is C36H42O8S2. The average Bonchev–Trinajstić information content (AvgIpc) is 3.67. The summed E-state index contributed by atoms with van der Waals surface area (Å²) in [5.41, 5.74) is 3.52. The number of hydrogen-bond donors (Lipinski definition) is 0. The van der Waals surface area contributed by atoms with Crippen LogP contribution in [0, 0.1) is 0 Å². The van der Waals surface area contributed by atoms with Gasteiger partial charge in [-0.1, -0.05) is 45.9 Å². The molecule has 8 nitrogen and oxygen atoms in total. The van der Waals surface area contributed by atoms with Crippen LogP contribution in [0.2, 0.25) is 0 Å². The van der Waals surface area contributed by atoms with Crippen molar-refractivity contribution in [3.63, 3.8) is 0 Å². The summed E-state index contributed by atoms with van der Waals surface area (Å²) in [5.74, 6) is 5.72. The zero-order valence-electron chi connectivity index (χ0n) is 26.9. The molecule has 0 amide bonds. The molecule has 2 aliphatic rings. The first-order valence-corrected chi connectivity index (χ1v) is 17.6. The van der Waals surface area contributed by atoms with E-state index in [4.69, 9.17) is 37.9 Å². The fraction of sp³-hybridized carbons (Fsp3) is 0.444. The van der Waals surface area contributed by atoms with E-state index in [9.17, 15) is 0 Å². The number of fused-ring (bicyclic) bond motifs is 2. The van der Waals surface area contributed by atoms with Gasteiger partial charge in [-0.25, -0.2) is 0 Å². The van der Waals surface area contributed by atoms with Crippen molar-refractivity contribution in [1.29, 1.82) is 0 Å². The standard InChI is InChI=1S/C36H42O8S2/c1-23(2)27-6-5-7-28(24(3)4)30(27)41-17-15-38-13-12-37-14-16-39-26-10-8-25(9-11-26)34-32-33(44-21-20-43-32)36(46-34)35-31-29(22-45-35)40-18-19-42-31/h5-11,22-24H,12-21H2,1-4H3. The maximum absolute atomic E-state index is 6.18. The van der Waals surface area contributed by atoms with Crippen LogP contribution in [0.5, 0.6) is 34.5 Å². The third-order valence-electron chi connectivity index (χ3n) is 7.69. The molecule has 6 rings (SSSR count). The van der Waals surface area contributed by atoms with Crippen LogP contribution in [0.1, 0.15) is 50.7 Å². The molecule has 2 aliphatic heterocycles. The Morgan fingerprint density at radius 1 is 0.609 bits per heavy atom. The monoisotopic (exact) mass is 666 g/mol. The Morgan fingerprint density at radius 3 is 1.83 bits per heavy atom. The molecule has 2 aromatic heterocycles. The molecule has 0 unspecified atom stereocenters. The smallest absolute Gasteiger partial charge is 0.181 e. The van der Waals surface area contributed by atoms with Crippen molar-refractivity contribution in [2.45, 2.75) is 39.5 Å². The summed E-state index contributed by atoms with van der Waals surface area (Å²) >= 11 is 3.25. The van der Waals surface area contributed by atoms with Gasteiger partial charge in [-0.3, -0.25) is 0 Å². The minimum Gasteiger partial charge on any atom is -0.491 e. The van der Waals surface area contributed by atoms with Gasteiger partial charge in [-0.2, -0.15) is 0 Å². The summed E-state index contributed by atoms with van der Waals surface area (Å²) in [6.07, 6.45) is 0. The normalized spacial score (nSPS) is 13.8. The summed E-state index contributed by atoms with van der Waals surface area (Å²) in [6, 6.07) is 14.5. The number of hydrogen-bond acceptors (Lipinski definition) is 10. The first-order chi connectivity index (χ1) is 22.5. The minimum absolute atomic E-state index is 0.404. The van der Waals surface area contributed by atoms with E-state index in [2.05, 4.69) is 45.9 Å². The molecule has 0 atom stereocenters. The lowest BCUT2D eigenvalue weighted by molar-refractivity contribution is 0.0271. The summed E-state index contributed by atoms with van der Waals surface area (Å²) in [4.78, 5) is 3.04. The van der Waals surface area contributed by atoms with Crippen molar-refractivity contribution < 1.29 is 37.9 Å². The van der Waals surface area contributed by atoms with Crippen molar-refractivity contribution >= 4 is 22.7 Å². The Labute approximate surface area is 279 Å². The van der Waals surface area contributed by atoms with Gasteiger partial charge in [-0.15, -0.1) is 22.7 Å². The van der Waals surface area contributed by atoms with Gasteiger partial charge in [0.1, 0.15) is 51.1 Å². The van der Waals surface area contributed by atoms with Crippen molar-refractivity contribution in [1.82, 2.24) is 0 Å². The molecule has 0 N–H and O–H groups in total. The van der Waals surface area contributed by atoms with Crippen molar-refractivity contribution in [2.24, 2.45) is 0 Å². The molecule has 0 aliphatic carbocycles. The van der Waals surface area contributed by atoms with Crippen LogP contribution in [-0.2, 0) is 9.47 Å². The van der Waals surface area contributed by atoms with E-state index in [1.54, 1.807) is 22.7 Å². The molecule has 0 spiro atoms. The summed E-state index contributed by atoms with van der Waals surface area (Å²) < 4.78 is 47.5. The Balaban J connectivity index is 0.937. The van der Waals surface area contributed by atoms with Gasteiger partial charge < -0.3 is 37.9 Å². The van der Waals surface area contributed by atoms with Crippen molar-refractivity contribution in [3.8, 4) is 54.7 Å². The molecular weight excluding hydrogens is 625 g/mol. The van der Waals surface area contributed by atoms with E-state index in [0.29, 0.717) is 77.9 Å². The van der Waals surface area contributed by atoms with Gasteiger partial charge in [0, 0.05) is 5.38 Å². The van der Waals surface area contributed by atoms with Crippen molar-refractivity contribution in [2.75, 3.05) is 66.1 Å². The van der Waals surface area contributed by atoms with Gasteiger partial charge in [-0.05, 0) is 52.8 Å². The maximum atomic E-state index is 6.18. The highest BCUT2D eigenvalue weighted by molar-refractivity contribution is 7.24.